The number of nitrogens with two attached hydrogens (primary N) is 1. The average Bonchev–Trinajstić information content (AvgIpc) is 2.97. The molecule has 0 atom stereocenters. The third-order valence-corrected chi connectivity index (χ3v) is 4.00. The van der Waals surface area contributed by atoms with E-state index in [1.807, 2.05) is 29.8 Å². The second-order valence-electron chi connectivity index (χ2n) is 3.50. The van der Waals surface area contributed by atoms with Gasteiger partial charge in [0.1, 0.15) is 5.69 Å². The molecule has 17 heavy (non-hydrogen) atoms. The van der Waals surface area contributed by atoms with Gasteiger partial charge in [0, 0.05) is 10.3 Å². The van der Waals surface area contributed by atoms with Gasteiger partial charge in [0.15, 0.2) is 11.6 Å². The minimum atomic E-state index is 0.410. The molecule has 0 radical (unpaired) electrons. The van der Waals surface area contributed by atoms with Gasteiger partial charge in [0.2, 0.25) is 0 Å². The SMILES string of the molecule is Cc1nc(-c2onc(N)c2-c2cccs2)cs1. The molecule has 0 saturated carbocycles. The highest BCUT2D eigenvalue weighted by Crippen LogP contribution is 2.38. The zero-order valence-electron chi connectivity index (χ0n) is 9.01. The van der Waals surface area contributed by atoms with Crippen LogP contribution in [0.2, 0.25) is 0 Å². The van der Waals surface area contributed by atoms with E-state index >= 15 is 0 Å². The van der Waals surface area contributed by atoms with E-state index in [4.69, 9.17) is 10.3 Å². The minimum absolute atomic E-state index is 0.410. The molecule has 0 unspecified atom stereocenters. The van der Waals surface area contributed by atoms with Crippen LogP contribution in [0, 0.1) is 6.92 Å². The van der Waals surface area contributed by atoms with Gasteiger partial charge >= 0.3 is 0 Å². The number of nitrogen functional groups attached to an aromatic ring is 1. The Balaban J connectivity index is 2.19. The molecule has 3 heterocycles. The van der Waals surface area contributed by atoms with Crippen molar-refractivity contribution in [3.05, 3.63) is 27.9 Å². The Hall–Kier alpha value is -1.66. The number of thiophene rings is 1. The molecule has 3 aromatic heterocycles. The number of thiazole rings is 1. The molecule has 86 valence electrons. The van der Waals surface area contributed by atoms with E-state index in [1.165, 1.54) is 0 Å². The van der Waals surface area contributed by atoms with Crippen molar-refractivity contribution >= 4 is 28.5 Å². The maximum absolute atomic E-state index is 5.85. The number of hydrogen-bond donors (Lipinski definition) is 1. The smallest absolute Gasteiger partial charge is 0.196 e. The fourth-order valence-electron chi connectivity index (χ4n) is 1.60. The van der Waals surface area contributed by atoms with Crippen LogP contribution < -0.4 is 5.73 Å². The van der Waals surface area contributed by atoms with Crippen LogP contribution in [0.25, 0.3) is 21.9 Å². The van der Waals surface area contributed by atoms with E-state index in [0.29, 0.717) is 11.6 Å². The maximum Gasteiger partial charge on any atom is 0.196 e. The molecule has 0 aliphatic rings. The number of rotatable bonds is 2. The van der Waals surface area contributed by atoms with Crippen LogP contribution in [0.15, 0.2) is 27.4 Å². The van der Waals surface area contributed by atoms with Crippen LogP contribution >= 0.6 is 22.7 Å². The van der Waals surface area contributed by atoms with Gasteiger partial charge in [-0.3, -0.25) is 0 Å². The summed E-state index contributed by atoms with van der Waals surface area (Å²) in [4.78, 5) is 5.44. The molecule has 0 aromatic carbocycles. The lowest BCUT2D eigenvalue weighted by atomic mass is 10.2. The molecule has 0 amide bonds. The van der Waals surface area contributed by atoms with Crippen molar-refractivity contribution in [2.24, 2.45) is 0 Å². The van der Waals surface area contributed by atoms with E-state index < -0.39 is 0 Å². The number of hydrogen-bond acceptors (Lipinski definition) is 6. The first kappa shape index (κ1) is 10.5. The number of anilines is 1. The summed E-state index contributed by atoms with van der Waals surface area (Å²) >= 11 is 3.18. The zero-order valence-corrected chi connectivity index (χ0v) is 10.6. The predicted molar refractivity (Wildman–Crippen MR) is 70.1 cm³/mol. The van der Waals surface area contributed by atoms with Gasteiger partial charge in [-0.25, -0.2) is 4.98 Å². The average molecular weight is 263 g/mol. The second-order valence-corrected chi connectivity index (χ2v) is 5.51. The topological polar surface area (TPSA) is 64.9 Å². The van der Waals surface area contributed by atoms with E-state index in [9.17, 15) is 0 Å². The first-order chi connectivity index (χ1) is 8.25. The summed E-state index contributed by atoms with van der Waals surface area (Å²) in [6.07, 6.45) is 0. The van der Waals surface area contributed by atoms with Gasteiger partial charge in [-0.2, -0.15) is 0 Å². The van der Waals surface area contributed by atoms with Gasteiger partial charge in [-0.1, -0.05) is 11.2 Å². The van der Waals surface area contributed by atoms with Crippen molar-refractivity contribution in [2.75, 3.05) is 5.73 Å². The number of aryl methyl sites for hydroxylation is 1. The zero-order chi connectivity index (χ0) is 11.8. The summed E-state index contributed by atoms with van der Waals surface area (Å²) in [5.74, 6) is 1.06. The molecular weight excluding hydrogens is 254 g/mol. The Kier molecular flexibility index (Phi) is 2.45. The highest BCUT2D eigenvalue weighted by atomic mass is 32.1. The van der Waals surface area contributed by atoms with Crippen LogP contribution in [0.3, 0.4) is 0 Å². The van der Waals surface area contributed by atoms with Gasteiger partial charge < -0.3 is 10.3 Å². The third-order valence-electron chi connectivity index (χ3n) is 2.34. The van der Waals surface area contributed by atoms with E-state index in [-0.39, 0.29) is 0 Å². The standard InChI is InChI=1S/C11H9N3OS2/c1-6-13-7(5-17-6)10-9(11(12)14-15-10)8-3-2-4-16-8/h2-5H,1H3,(H2,12,14). The lowest BCUT2D eigenvalue weighted by Crippen LogP contribution is -1.87. The second kappa shape index (κ2) is 3.97. The third kappa shape index (κ3) is 1.75. The maximum atomic E-state index is 5.85. The van der Waals surface area contributed by atoms with Crippen molar-refractivity contribution in [2.45, 2.75) is 6.92 Å². The molecular formula is C11H9N3OS2. The highest BCUT2D eigenvalue weighted by Gasteiger charge is 2.20. The van der Waals surface area contributed by atoms with Crippen molar-refractivity contribution in [3.63, 3.8) is 0 Å². The number of aromatic nitrogens is 2. The molecule has 3 aromatic rings. The minimum Gasteiger partial charge on any atom is -0.380 e. The number of nitrogens with zero attached hydrogens (tertiary/aromatic N) is 2. The van der Waals surface area contributed by atoms with Crippen molar-refractivity contribution in [1.82, 2.24) is 10.1 Å². The molecule has 0 aliphatic heterocycles. The van der Waals surface area contributed by atoms with Crippen LogP contribution in [-0.2, 0) is 0 Å². The Labute approximate surface area is 106 Å². The first-order valence-electron chi connectivity index (χ1n) is 4.97. The normalized spacial score (nSPS) is 10.9. The monoisotopic (exact) mass is 263 g/mol. The van der Waals surface area contributed by atoms with Gasteiger partial charge in [0.25, 0.3) is 0 Å². The molecule has 6 heteroatoms. The van der Waals surface area contributed by atoms with E-state index in [1.54, 1.807) is 22.7 Å². The summed E-state index contributed by atoms with van der Waals surface area (Å²) in [5.41, 5.74) is 7.48. The van der Waals surface area contributed by atoms with Crippen LogP contribution in [0.4, 0.5) is 5.82 Å². The predicted octanol–water partition coefficient (Wildman–Crippen LogP) is 3.42. The Bertz CT molecular complexity index is 640. The Morgan fingerprint density at radius 2 is 2.24 bits per heavy atom. The van der Waals surface area contributed by atoms with Gasteiger partial charge in [0.05, 0.1) is 10.6 Å². The molecule has 0 aliphatic carbocycles. The molecule has 4 nitrogen and oxygen atoms in total. The largest absolute Gasteiger partial charge is 0.380 e. The summed E-state index contributed by atoms with van der Waals surface area (Å²) in [7, 11) is 0. The van der Waals surface area contributed by atoms with E-state index in [2.05, 4.69) is 10.1 Å². The lowest BCUT2D eigenvalue weighted by molar-refractivity contribution is 0.435. The molecule has 2 N–H and O–H groups in total. The van der Waals surface area contributed by atoms with Crippen LogP contribution in [0.1, 0.15) is 5.01 Å². The highest BCUT2D eigenvalue weighted by molar-refractivity contribution is 7.13. The van der Waals surface area contributed by atoms with Crippen LogP contribution in [-0.4, -0.2) is 10.1 Å². The molecule has 0 saturated heterocycles. The molecule has 0 fully saturated rings. The quantitative estimate of drug-likeness (QED) is 0.769. The van der Waals surface area contributed by atoms with Gasteiger partial charge in [-0.05, 0) is 18.4 Å². The Morgan fingerprint density at radius 1 is 1.35 bits per heavy atom. The summed E-state index contributed by atoms with van der Waals surface area (Å²) in [6.45, 7) is 1.96. The molecule has 3 rings (SSSR count). The lowest BCUT2D eigenvalue weighted by Gasteiger charge is -1.95. The summed E-state index contributed by atoms with van der Waals surface area (Å²) in [6, 6.07) is 3.97. The van der Waals surface area contributed by atoms with Crippen molar-refractivity contribution in [3.8, 4) is 21.9 Å². The summed E-state index contributed by atoms with van der Waals surface area (Å²) < 4.78 is 5.29. The first-order valence-corrected chi connectivity index (χ1v) is 6.73. The van der Waals surface area contributed by atoms with Gasteiger partial charge in [-0.15, -0.1) is 22.7 Å². The summed E-state index contributed by atoms with van der Waals surface area (Å²) in [5, 5.41) is 8.77. The molecule has 0 bridgehead atoms. The Morgan fingerprint density at radius 3 is 2.88 bits per heavy atom. The van der Waals surface area contributed by atoms with E-state index in [0.717, 1.165) is 21.1 Å². The fraction of sp³-hybridized carbons (Fsp3) is 0.0909. The fourth-order valence-corrected chi connectivity index (χ4v) is 2.97. The van der Waals surface area contributed by atoms with Crippen LogP contribution in [0.5, 0.6) is 0 Å². The van der Waals surface area contributed by atoms with Crippen molar-refractivity contribution < 1.29 is 4.52 Å². The molecule has 0 spiro atoms. The van der Waals surface area contributed by atoms with Crippen molar-refractivity contribution in [1.29, 1.82) is 0 Å².